The Hall–Kier alpha value is -1.03. The summed E-state index contributed by atoms with van der Waals surface area (Å²) in [4.78, 5) is 0. The smallest absolute Gasteiger partial charge is 0.0864 e. The first-order valence-corrected chi connectivity index (χ1v) is 7.08. The molecule has 2 nitrogen and oxygen atoms in total. The molecule has 0 fully saturated rings. The largest absolute Gasteiger partial charge is 0.394 e. The van der Waals surface area contributed by atoms with Crippen molar-refractivity contribution in [1.29, 1.82) is 0 Å². The zero-order valence-corrected chi connectivity index (χ0v) is 11.6. The minimum atomic E-state index is -0.634. The van der Waals surface area contributed by atoms with Crippen LogP contribution in [0.3, 0.4) is 0 Å². The molecule has 18 heavy (non-hydrogen) atoms. The van der Waals surface area contributed by atoms with Crippen molar-refractivity contribution >= 4 is 11.8 Å². The van der Waals surface area contributed by atoms with E-state index in [1.165, 1.54) is 11.8 Å². The fourth-order valence-electron chi connectivity index (χ4n) is 0.920. The lowest BCUT2D eigenvalue weighted by atomic mass is 10.3. The molecule has 100 valence electrons. The fourth-order valence-corrected chi connectivity index (χ4v) is 1.56. The summed E-state index contributed by atoms with van der Waals surface area (Å²) in [6, 6.07) is 0. The van der Waals surface area contributed by atoms with Crippen LogP contribution in [0.2, 0.25) is 0 Å². The Kier molecular flexibility index (Phi) is 13.2. The van der Waals surface area contributed by atoms with Gasteiger partial charge in [-0.25, -0.2) is 0 Å². The average Bonchev–Trinajstić information content (AvgIpc) is 2.39. The highest BCUT2D eigenvalue weighted by atomic mass is 32.2. The van der Waals surface area contributed by atoms with Crippen molar-refractivity contribution in [3.63, 3.8) is 0 Å². The molecule has 0 aliphatic heterocycles. The van der Waals surface area contributed by atoms with E-state index < -0.39 is 6.10 Å². The second-order valence-corrected chi connectivity index (χ2v) is 4.43. The van der Waals surface area contributed by atoms with Crippen molar-refractivity contribution in [1.82, 2.24) is 0 Å². The number of allylic oxidation sites excluding steroid dienone is 9. The van der Waals surface area contributed by atoms with E-state index in [9.17, 15) is 0 Å². The van der Waals surface area contributed by atoms with Gasteiger partial charge in [0.25, 0.3) is 0 Å². The van der Waals surface area contributed by atoms with E-state index in [4.69, 9.17) is 10.2 Å². The van der Waals surface area contributed by atoms with Gasteiger partial charge in [-0.05, 0) is 11.8 Å². The normalized spacial score (nSPS) is 15.1. The van der Waals surface area contributed by atoms with Gasteiger partial charge in [-0.3, -0.25) is 0 Å². The van der Waals surface area contributed by atoms with Crippen LogP contribution in [-0.2, 0) is 0 Å². The van der Waals surface area contributed by atoms with Crippen LogP contribution in [0.15, 0.2) is 60.1 Å². The first kappa shape index (κ1) is 17.0. The number of rotatable bonds is 9. The molecule has 0 bridgehead atoms. The molecule has 0 saturated carbocycles. The Morgan fingerprint density at radius 2 is 1.50 bits per heavy atom. The zero-order chi connectivity index (χ0) is 13.5. The van der Waals surface area contributed by atoms with Gasteiger partial charge in [0.15, 0.2) is 0 Å². The Balaban J connectivity index is 3.64. The lowest BCUT2D eigenvalue weighted by molar-refractivity contribution is 0.113. The third kappa shape index (κ3) is 13.0. The predicted molar refractivity (Wildman–Crippen MR) is 81.5 cm³/mol. The third-order valence-electron chi connectivity index (χ3n) is 1.82. The maximum Gasteiger partial charge on any atom is 0.0864 e. The maximum absolute atomic E-state index is 9.07. The van der Waals surface area contributed by atoms with Crippen LogP contribution in [-0.4, -0.2) is 28.7 Å². The van der Waals surface area contributed by atoms with Crippen molar-refractivity contribution in [3.8, 4) is 0 Å². The van der Waals surface area contributed by atoms with Gasteiger partial charge >= 0.3 is 0 Å². The monoisotopic (exact) mass is 266 g/mol. The van der Waals surface area contributed by atoms with E-state index in [1.807, 2.05) is 54.0 Å². The van der Waals surface area contributed by atoms with Crippen molar-refractivity contribution in [2.75, 3.05) is 12.4 Å². The first-order chi connectivity index (χ1) is 8.81. The Labute approximate surface area is 114 Å². The third-order valence-corrected chi connectivity index (χ3v) is 2.75. The van der Waals surface area contributed by atoms with Gasteiger partial charge in [0.1, 0.15) is 0 Å². The number of hydrogen-bond acceptors (Lipinski definition) is 3. The van der Waals surface area contributed by atoms with Crippen LogP contribution < -0.4 is 0 Å². The predicted octanol–water partition coefficient (Wildman–Crippen LogP) is 3.22. The van der Waals surface area contributed by atoms with Crippen LogP contribution in [0.1, 0.15) is 13.3 Å². The molecule has 0 rings (SSSR count). The highest BCUT2D eigenvalue weighted by molar-refractivity contribution is 8.02. The zero-order valence-electron chi connectivity index (χ0n) is 10.8. The molecule has 0 aromatic rings. The molecule has 0 aromatic carbocycles. The van der Waals surface area contributed by atoms with E-state index in [0.717, 1.165) is 6.42 Å². The minimum Gasteiger partial charge on any atom is -0.394 e. The molecule has 3 heteroatoms. The van der Waals surface area contributed by atoms with Crippen LogP contribution in [0.25, 0.3) is 0 Å². The summed E-state index contributed by atoms with van der Waals surface area (Å²) in [6.45, 7) is 1.92. The molecule has 0 radical (unpaired) electrons. The van der Waals surface area contributed by atoms with Crippen LogP contribution in [0.5, 0.6) is 0 Å². The summed E-state index contributed by atoms with van der Waals surface area (Å²) < 4.78 is 0. The Bertz CT molecular complexity index is 314. The van der Waals surface area contributed by atoms with E-state index in [2.05, 4.69) is 13.0 Å². The summed E-state index contributed by atoms with van der Waals surface area (Å²) in [6.07, 6.45) is 18.2. The number of thioether (sulfide) groups is 1. The molecule has 1 atom stereocenters. The van der Waals surface area contributed by atoms with Gasteiger partial charge in [0.2, 0.25) is 0 Å². The molecule has 0 saturated heterocycles. The summed E-state index contributed by atoms with van der Waals surface area (Å²) in [5.74, 6) is 0.517. The van der Waals surface area contributed by atoms with Gasteiger partial charge in [0, 0.05) is 5.75 Å². The Morgan fingerprint density at radius 1 is 0.944 bits per heavy atom. The van der Waals surface area contributed by atoms with Gasteiger partial charge in [-0.2, -0.15) is 0 Å². The molecule has 2 N–H and O–H groups in total. The Morgan fingerprint density at radius 3 is 2.06 bits per heavy atom. The fraction of sp³-hybridized carbons (Fsp3) is 0.333. The van der Waals surface area contributed by atoms with E-state index >= 15 is 0 Å². The number of hydrogen-bond donors (Lipinski definition) is 2. The molecule has 0 heterocycles. The standard InChI is InChI=1S/C15H22O2S/c1-2-3-4-5-6-7-8-9-10-11-12-18-14-15(17)13-16/h3-12,15-17H,2,13-14H2,1H3/b4-3+,6-5+,8-7+,10-9+,12-11+. The van der Waals surface area contributed by atoms with Crippen molar-refractivity contribution < 1.29 is 10.2 Å². The molecular weight excluding hydrogens is 244 g/mol. The summed E-state index contributed by atoms with van der Waals surface area (Å²) >= 11 is 1.47. The number of aliphatic hydroxyl groups excluding tert-OH is 2. The lowest BCUT2D eigenvalue weighted by Crippen LogP contribution is -2.13. The van der Waals surface area contributed by atoms with E-state index in [-0.39, 0.29) is 6.61 Å². The van der Waals surface area contributed by atoms with Crippen molar-refractivity contribution in [3.05, 3.63) is 60.1 Å². The second kappa shape index (κ2) is 14.0. The van der Waals surface area contributed by atoms with Crippen LogP contribution in [0.4, 0.5) is 0 Å². The maximum atomic E-state index is 9.07. The lowest BCUT2D eigenvalue weighted by Gasteiger charge is -2.01. The molecule has 0 amide bonds. The molecule has 0 aromatic heterocycles. The quantitative estimate of drug-likeness (QED) is 0.630. The summed E-state index contributed by atoms with van der Waals surface area (Å²) in [5, 5.41) is 19.6. The van der Waals surface area contributed by atoms with Gasteiger partial charge < -0.3 is 10.2 Å². The van der Waals surface area contributed by atoms with Crippen LogP contribution in [0, 0.1) is 0 Å². The summed E-state index contributed by atoms with van der Waals surface area (Å²) in [5.41, 5.74) is 0. The molecule has 0 aliphatic carbocycles. The molecule has 0 aliphatic rings. The topological polar surface area (TPSA) is 40.5 Å². The molecular formula is C15H22O2S. The first-order valence-electron chi connectivity index (χ1n) is 6.03. The van der Waals surface area contributed by atoms with E-state index in [0.29, 0.717) is 5.75 Å². The van der Waals surface area contributed by atoms with Crippen molar-refractivity contribution in [2.24, 2.45) is 0 Å². The van der Waals surface area contributed by atoms with Gasteiger partial charge in [-0.1, -0.05) is 61.6 Å². The van der Waals surface area contributed by atoms with Gasteiger partial charge in [-0.15, -0.1) is 11.8 Å². The van der Waals surface area contributed by atoms with E-state index in [1.54, 1.807) is 0 Å². The number of aliphatic hydroxyl groups is 2. The highest BCUT2D eigenvalue weighted by Crippen LogP contribution is 2.04. The minimum absolute atomic E-state index is 0.182. The second-order valence-electron chi connectivity index (χ2n) is 3.49. The van der Waals surface area contributed by atoms with Crippen LogP contribution >= 0.6 is 11.8 Å². The van der Waals surface area contributed by atoms with Gasteiger partial charge in [0.05, 0.1) is 12.7 Å². The highest BCUT2D eigenvalue weighted by Gasteiger charge is 1.97. The molecule has 1 unspecified atom stereocenters. The summed E-state index contributed by atoms with van der Waals surface area (Å²) in [7, 11) is 0. The molecule has 0 spiro atoms. The average molecular weight is 266 g/mol. The SMILES string of the molecule is CC/C=C/C=C/C=C/C=C/C=C/SCC(O)CO. The van der Waals surface area contributed by atoms with Crippen molar-refractivity contribution in [2.45, 2.75) is 19.4 Å².